The number of hydrogen-bond acceptors (Lipinski definition) is 7. The van der Waals surface area contributed by atoms with E-state index in [1.807, 2.05) is 0 Å². The van der Waals surface area contributed by atoms with Gasteiger partial charge in [0, 0.05) is 16.7 Å². The van der Waals surface area contributed by atoms with E-state index in [1.165, 1.54) is 21.3 Å². The summed E-state index contributed by atoms with van der Waals surface area (Å²) in [5, 5.41) is 0.549. The molecule has 8 heteroatoms. The summed E-state index contributed by atoms with van der Waals surface area (Å²) in [6.07, 6.45) is 1.59. The minimum absolute atomic E-state index is 0.138. The first kappa shape index (κ1) is 23.2. The van der Waals surface area contributed by atoms with Gasteiger partial charge in [-0.3, -0.25) is 9.59 Å². The molecule has 3 aromatic rings. The lowest BCUT2D eigenvalue weighted by molar-refractivity contribution is 0.0921. The minimum Gasteiger partial charge on any atom is -0.493 e. The molecule has 34 heavy (non-hydrogen) atoms. The number of carbonyl (C=O) groups excluding carboxylic acids is 2. The normalized spacial score (nSPS) is 13.3. The van der Waals surface area contributed by atoms with Crippen molar-refractivity contribution in [1.29, 1.82) is 0 Å². The van der Waals surface area contributed by atoms with Crippen molar-refractivity contribution >= 4 is 29.2 Å². The van der Waals surface area contributed by atoms with E-state index in [4.69, 9.17) is 35.3 Å². The van der Waals surface area contributed by atoms with Crippen molar-refractivity contribution in [2.24, 2.45) is 0 Å². The van der Waals surface area contributed by atoms with E-state index >= 15 is 0 Å². The highest BCUT2D eigenvalue weighted by atomic mass is 35.5. The van der Waals surface area contributed by atoms with Crippen molar-refractivity contribution in [3.63, 3.8) is 0 Å². The second-order valence-corrected chi connectivity index (χ2v) is 7.71. The third-order valence-corrected chi connectivity index (χ3v) is 5.41. The average Bonchev–Trinajstić information content (AvgIpc) is 3.16. The highest BCUT2D eigenvalue weighted by molar-refractivity contribution is 6.30. The van der Waals surface area contributed by atoms with Crippen LogP contribution in [-0.4, -0.2) is 39.5 Å². The van der Waals surface area contributed by atoms with Gasteiger partial charge in [-0.15, -0.1) is 0 Å². The van der Waals surface area contributed by atoms with Crippen molar-refractivity contribution in [2.75, 3.05) is 27.9 Å². The first-order chi connectivity index (χ1) is 16.4. The van der Waals surface area contributed by atoms with Gasteiger partial charge in [0.2, 0.25) is 11.5 Å². The molecule has 0 aliphatic carbocycles. The van der Waals surface area contributed by atoms with E-state index in [1.54, 1.807) is 60.7 Å². The topological polar surface area (TPSA) is 80.3 Å². The van der Waals surface area contributed by atoms with Crippen molar-refractivity contribution in [1.82, 2.24) is 0 Å². The zero-order chi connectivity index (χ0) is 24.2. The Balaban J connectivity index is 1.51. The molecule has 0 amide bonds. The maximum absolute atomic E-state index is 12.8. The van der Waals surface area contributed by atoms with Crippen LogP contribution in [0.3, 0.4) is 0 Å². The Hall–Kier alpha value is -3.97. The molecular weight excluding hydrogens is 460 g/mol. The number of hydrogen-bond donors (Lipinski definition) is 0. The molecule has 0 spiro atoms. The van der Waals surface area contributed by atoms with E-state index in [0.29, 0.717) is 50.5 Å². The molecule has 0 radical (unpaired) electrons. The number of rotatable bonds is 8. The number of halogens is 1. The van der Waals surface area contributed by atoms with Gasteiger partial charge in [0.25, 0.3) is 0 Å². The number of allylic oxidation sites excluding steroid dienone is 1. The predicted octanol–water partition coefficient (Wildman–Crippen LogP) is 5.24. The SMILES string of the molecule is COc1cc(/C=C2\Oc3cc(OCC(=O)c4ccc(Cl)cc4)ccc3C2=O)cc(OC)c1OC. The predicted molar refractivity (Wildman–Crippen MR) is 127 cm³/mol. The summed E-state index contributed by atoms with van der Waals surface area (Å²) in [5.74, 6) is 1.78. The monoisotopic (exact) mass is 480 g/mol. The summed E-state index contributed by atoms with van der Waals surface area (Å²) in [6, 6.07) is 14.8. The van der Waals surface area contributed by atoms with E-state index in [-0.39, 0.29) is 23.9 Å². The van der Waals surface area contributed by atoms with Gasteiger partial charge in [-0.25, -0.2) is 0 Å². The summed E-state index contributed by atoms with van der Waals surface area (Å²) in [6.45, 7) is -0.164. The maximum Gasteiger partial charge on any atom is 0.231 e. The lowest BCUT2D eigenvalue weighted by atomic mass is 10.1. The maximum atomic E-state index is 12.8. The number of fused-ring (bicyclic) bond motifs is 1. The van der Waals surface area contributed by atoms with E-state index in [2.05, 4.69) is 0 Å². The van der Waals surface area contributed by atoms with Crippen molar-refractivity contribution in [2.45, 2.75) is 0 Å². The summed E-state index contributed by atoms with van der Waals surface area (Å²) in [5.41, 5.74) is 1.53. The number of benzene rings is 3. The number of methoxy groups -OCH3 is 3. The van der Waals surface area contributed by atoms with Crippen LogP contribution in [-0.2, 0) is 0 Å². The molecule has 0 bridgehead atoms. The fourth-order valence-corrected chi connectivity index (χ4v) is 3.59. The molecule has 4 rings (SSSR count). The number of Topliss-reactive ketones (excluding diaryl/α,β-unsaturated/α-hetero) is 2. The first-order valence-corrected chi connectivity index (χ1v) is 10.6. The minimum atomic E-state index is -0.271. The molecule has 1 aliphatic heterocycles. The van der Waals surface area contributed by atoms with Gasteiger partial charge in [0.1, 0.15) is 11.5 Å². The van der Waals surface area contributed by atoms with Crippen LogP contribution in [0.5, 0.6) is 28.7 Å². The summed E-state index contributed by atoms with van der Waals surface area (Å²) >= 11 is 5.86. The van der Waals surface area contributed by atoms with E-state index in [0.717, 1.165) is 0 Å². The number of ketones is 2. The Kier molecular flexibility index (Phi) is 6.75. The van der Waals surface area contributed by atoms with Crippen LogP contribution in [0.2, 0.25) is 5.02 Å². The first-order valence-electron chi connectivity index (χ1n) is 10.2. The van der Waals surface area contributed by atoms with Crippen LogP contribution >= 0.6 is 11.6 Å². The van der Waals surface area contributed by atoms with Crippen molar-refractivity contribution in [3.05, 3.63) is 82.1 Å². The summed E-state index contributed by atoms with van der Waals surface area (Å²) in [4.78, 5) is 25.2. The third kappa shape index (κ3) is 4.70. The van der Waals surface area contributed by atoms with Crippen LogP contribution in [0.25, 0.3) is 6.08 Å². The smallest absolute Gasteiger partial charge is 0.231 e. The second-order valence-electron chi connectivity index (χ2n) is 7.28. The molecular formula is C26H21ClO7. The highest BCUT2D eigenvalue weighted by Crippen LogP contribution is 2.40. The lowest BCUT2D eigenvalue weighted by Gasteiger charge is -2.13. The molecule has 3 aromatic carbocycles. The molecule has 0 saturated heterocycles. The van der Waals surface area contributed by atoms with Crippen LogP contribution in [0.4, 0.5) is 0 Å². The van der Waals surface area contributed by atoms with Gasteiger partial charge >= 0.3 is 0 Å². The average molecular weight is 481 g/mol. The molecule has 0 saturated carbocycles. The van der Waals surface area contributed by atoms with E-state index < -0.39 is 0 Å². The van der Waals surface area contributed by atoms with Crippen LogP contribution in [0.1, 0.15) is 26.3 Å². The van der Waals surface area contributed by atoms with Crippen molar-refractivity contribution < 1.29 is 33.3 Å². The van der Waals surface area contributed by atoms with Gasteiger partial charge in [0.05, 0.1) is 26.9 Å². The molecule has 7 nitrogen and oxygen atoms in total. The Morgan fingerprint density at radius 2 is 1.62 bits per heavy atom. The highest BCUT2D eigenvalue weighted by Gasteiger charge is 2.28. The molecule has 0 aromatic heterocycles. The number of carbonyl (C=O) groups is 2. The third-order valence-electron chi connectivity index (χ3n) is 5.16. The Morgan fingerprint density at radius 1 is 0.941 bits per heavy atom. The molecule has 1 heterocycles. The second kappa shape index (κ2) is 9.89. The summed E-state index contributed by atoms with van der Waals surface area (Å²) in [7, 11) is 4.54. The van der Waals surface area contributed by atoms with Gasteiger partial charge in [0.15, 0.2) is 29.6 Å². The zero-order valence-electron chi connectivity index (χ0n) is 18.7. The van der Waals surface area contributed by atoms with E-state index in [9.17, 15) is 9.59 Å². The quantitative estimate of drug-likeness (QED) is 0.322. The zero-order valence-corrected chi connectivity index (χ0v) is 19.5. The molecule has 0 fully saturated rings. The fourth-order valence-electron chi connectivity index (χ4n) is 3.46. The largest absolute Gasteiger partial charge is 0.493 e. The molecule has 174 valence electrons. The fraction of sp³-hybridized carbons (Fsp3) is 0.154. The number of ether oxygens (including phenoxy) is 5. The Bertz CT molecular complexity index is 1250. The Morgan fingerprint density at radius 3 is 2.24 bits per heavy atom. The summed E-state index contributed by atoms with van der Waals surface area (Å²) < 4.78 is 27.5. The van der Waals surface area contributed by atoms with Crippen LogP contribution < -0.4 is 23.7 Å². The lowest BCUT2D eigenvalue weighted by Crippen LogP contribution is -2.11. The van der Waals surface area contributed by atoms with Gasteiger partial charge < -0.3 is 23.7 Å². The standard InChI is InChI=1S/C26H21ClO7/c1-30-23-11-15(12-24(31-2)26(23)32-3)10-22-25(29)19-9-8-18(13-21(19)34-22)33-14-20(28)16-4-6-17(27)7-5-16/h4-13H,14H2,1-3H3/b22-10-. The van der Waals surface area contributed by atoms with Gasteiger partial charge in [-0.05, 0) is 60.2 Å². The molecule has 0 unspecified atom stereocenters. The van der Waals surface area contributed by atoms with Gasteiger partial charge in [-0.1, -0.05) is 11.6 Å². The van der Waals surface area contributed by atoms with Crippen LogP contribution in [0, 0.1) is 0 Å². The van der Waals surface area contributed by atoms with Crippen LogP contribution in [0.15, 0.2) is 60.4 Å². The van der Waals surface area contributed by atoms with Gasteiger partial charge in [-0.2, -0.15) is 0 Å². The molecule has 1 aliphatic rings. The molecule has 0 N–H and O–H groups in total. The van der Waals surface area contributed by atoms with Crippen molar-refractivity contribution in [3.8, 4) is 28.7 Å². The Labute approximate surface area is 201 Å². The molecule has 0 atom stereocenters.